The van der Waals surface area contributed by atoms with Gasteiger partial charge in [0.25, 0.3) is 0 Å². The number of likely N-dealkylation sites (N-methyl/N-ethyl adjacent to an activating group) is 1. The van der Waals surface area contributed by atoms with E-state index in [9.17, 15) is 9.59 Å². The zero-order chi connectivity index (χ0) is 21.5. The predicted octanol–water partition coefficient (Wildman–Crippen LogP) is 2.60. The van der Waals surface area contributed by atoms with Crippen molar-refractivity contribution in [3.05, 3.63) is 65.7 Å². The smallest absolute Gasteiger partial charge is 0.241 e. The molecule has 0 aromatic heterocycles. The molecule has 30 heavy (non-hydrogen) atoms. The number of nitrogens with one attached hydrogen (secondary N) is 1. The van der Waals surface area contributed by atoms with Crippen molar-refractivity contribution in [3.63, 3.8) is 0 Å². The Bertz CT molecular complexity index is 847. The molecule has 2 aromatic carbocycles. The van der Waals surface area contributed by atoms with Gasteiger partial charge in [-0.15, -0.1) is 0 Å². The number of anilines is 1. The van der Waals surface area contributed by atoms with Crippen molar-refractivity contribution in [1.29, 1.82) is 0 Å². The van der Waals surface area contributed by atoms with E-state index in [1.54, 1.807) is 0 Å². The zero-order valence-corrected chi connectivity index (χ0v) is 18.2. The van der Waals surface area contributed by atoms with Crippen molar-refractivity contribution >= 4 is 17.5 Å². The van der Waals surface area contributed by atoms with Crippen molar-refractivity contribution in [3.8, 4) is 0 Å². The fourth-order valence-corrected chi connectivity index (χ4v) is 3.62. The van der Waals surface area contributed by atoms with Crippen molar-refractivity contribution in [2.45, 2.75) is 26.4 Å². The molecule has 6 nitrogen and oxygen atoms in total. The van der Waals surface area contributed by atoms with Gasteiger partial charge < -0.3 is 10.2 Å². The summed E-state index contributed by atoms with van der Waals surface area (Å²) in [5, 5.41) is 2.93. The molecule has 0 radical (unpaired) electrons. The number of nitrogens with zero attached hydrogens (tertiary/aromatic N) is 3. The van der Waals surface area contributed by atoms with Crippen LogP contribution in [0, 0.1) is 6.92 Å². The summed E-state index contributed by atoms with van der Waals surface area (Å²) in [5.41, 5.74) is 3.17. The number of benzene rings is 2. The Balaban J connectivity index is 1.44. The zero-order valence-electron chi connectivity index (χ0n) is 18.2. The third-order valence-electron chi connectivity index (χ3n) is 5.68. The van der Waals surface area contributed by atoms with Gasteiger partial charge in [0.05, 0.1) is 12.6 Å². The summed E-state index contributed by atoms with van der Waals surface area (Å²) in [6, 6.07) is 17.7. The van der Waals surface area contributed by atoms with Crippen LogP contribution in [0.5, 0.6) is 0 Å². The van der Waals surface area contributed by atoms with Crippen LogP contribution in [0.15, 0.2) is 54.6 Å². The molecular weight excluding hydrogens is 376 g/mol. The first-order valence-corrected chi connectivity index (χ1v) is 10.5. The van der Waals surface area contributed by atoms with Crippen LogP contribution in [0.2, 0.25) is 0 Å². The second-order valence-electron chi connectivity index (χ2n) is 8.09. The van der Waals surface area contributed by atoms with E-state index in [0.717, 1.165) is 44.0 Å². The summed E-state index contributed by atoms with van der Waals surface area (Å²) in [6.07, 6.45) is 0. The standard InChI is InChI=1S/C24H32N4O2/c1-19-8-7-11-22(16-19)25-24(30)20(2)26(3)18-23(29)28-14-12-27(13-15-28)17-21-9-5-4-6-10-21/h4-11,16,20H,12-15,17-18H2,1-3H3,(H,25,30)/t20-/m0/s1. The lowest BCUT2D eigenvalue weighted by Gasteiger charge is -2.36. The van der Waals surface area contributed by atoms with Crippen LogP contribution in [0.25, 0.3) is 0 Å². The molecular formula is C24H32N4O2. The molecule has 2 aromatic rings. The summed E-state index contributed by atoms with van der Waals surface area (Å²) < 4.78 is 0. The molecule has 0 bridgehead atoms. The van der Waals surface area contributed by atoms with Crippen molar-refractivity contribution in [2.75, 3.05) is 45.1 Å². The maximum absolute atomic E-state index is 12.7. The predicted molar refractivity (Wildman–Crippen MR) is 120 cm³/mol. The average molecular weight is 409 g/mol. The average Bonchev–Trinajstić information content (AvgIpc) is 2.74. The molecule has 0 unspecified atom stereocenters. The molecule has 0 saturated carbocycles. The van der Waals surface area contributed by atoms with Crippen LogP contribution in [0.3, 0.4) is 0 Å². The number of rotatable bonds is 7. The Morgan fingerprint density at radius 3 is 2.40 bits per heavy atom. The van der Waals surface area contributed by atoms with Crippen LogP contribution in [-0.4, -0.2) is 72.3 Å². The summed E-state index contributed by atoms with van der Waals surface area (Å²) in [4.78, 5) is 31.4. The van der Waals surface area contributed by atoms with Gasteiger partial charge in [-0.2, -0.15) is 0 Å². The summed E-state index contributed by atoms with van der Waals surface area (Å²) in [7, 11) is 1.82. The van der Waals surface area contributed by atoms with Gasteiger partial charge >= 0.3 is 0 Å². The number of carbonyl (C=O) groups excluding carboxylic acids is 2. The van der Waals surface area contributed by atoms with Gasteiger partial charge in [-0.25, -0.2) is 0 Å². The van der Waals surface area contributed by atoms with Crippen LogP contribution in [-0.2, 0) is 16.1 Å². The van der Waals surface area contributed by atoms with Crippen LogP contribution in [0.1, 0.15) is 18.1 Å². The monoisotopic (exact) mass is 408 g/mol. The highest BCUT2D eigenvalue weighted by Gasteiger charge is 2.25. The van der Waals surface area contributed by atoms with Gasteiger partial charge in [0.1, 0.15) is 0 Å². The van der Waals surface area contributed by atoms with E-state index >= 15 is 0 Å². The minimum absolute atomic E-state index is 0.0760. The van der Waals surface area contributed by atoms with Gasteiger partial charge in [0, 0.05) is 38.4 Å². The highest BCUT2D eigenvalue weighted by Crippen LogP contribution is 2.12. The van der Waals surface area contributed by atoms with Gasteiger partial charge in [0.15, 0.2) is 0 Å². The normalized spacial score (nSPS) is 15.8. The Morgan fingerprint density at radius 1 is 1.03 bits per heavy atom. The molecule has 0 aliphatic carbocycles. The molecule has 160 valence electrons. The van der Waals surface area contributed by atoms with E-state index in [1.165, 1.54) is 5.56 Å². The van der Waals surface area contributed by atoms with Gasteiger partial charge in [0.2, 0.25) is 11.8 Å². The van der Waals surface area contributed by atoms with E-state index < -0.39 is 6.04 Å². The Labute approximate surface area is 179 Å². The van der Waals surface area contributed by atoms with Crippen molar-refractivity contribution < 1.29 is 9.59 Å². The maximum atomic E-state index is 12.7. The third-order valence-corrected chi connectivity index (χ3v) is 5.68. The number of hydrogen-bond donors (Lipinski definition) is 1. The van der Waals surface area contributed by atoms with E-state index in [4.69, 9.17) is 0 Å². The SMILES string of the molecule is Cc1cccc(NC(=O)[C@H](C)N(C)CC(=O)N2CCN(Cc3ccccc3)CC2)c1. The first-order valence-electron chi connectivity index (χ1n) is 10.5. The van der Waals surface area contributed by atoms with Crippen LogP contribution >= 0.6 is 0 Å². The highest BCUT2D eigenvalue weighted by atomic mass is 16.2. The van der Waals surface area contributed by atoms with E-state index in [0.29, 0.717) is 0 Å². The van der Waals surface area contributed by atoms with E-state index in [1.807, 2.05) is 61.0 Å². The molecule has 1 aliphatic rings. The van der Waals surface area contributed by atoms with Crippen LogP contribution < -0.4 is 5.32 Å². The Morgan fingerprint density at radius 2 is 1.73 bits per heavy atom. The van der Waals surface area contributed by atoms with Crippen molar-refractivity contribution in [1.82, 2.24) is 14.7 Å². The lowest BCUT2D eigenvalue weighted by molar-refractivity contribution is -0.135. The molecule has 1 N–H and O–H groups in total. The number of piperazine rings is 1. The fourth-order valence-electron chi connectivity index (χ4n) is 3.62. The minimum atomic E-state index is -0.395. The molecule has 1 fully saturated rings. The van der Waals surface area contributed by atoms with E-state index in [2.05, 4.69) is 34.5 Å². The van der Waals surface area contributed by atoms with E-state index in [-0.39, 0.29) is 18.4 Å². The lowest BCUT2D eigenvalue weighted by atomic mass is 10.2. The minimum Gasteiger partial charge on any atom is -0.339 e. The van der Waals surface area contributed by atoms with Crippen LogP contribution in [0.4, 0.5) is 5.69 Å². The quantitative estimate of drug-likeness (QED) is 0.765. The van der Waals surface area contributed by atoms with Crippen molar-refractivity contribution in [2.24, 2.45) is 0 Å². The summed E-state index contributed by atoms with van der Waals surface area (Å²) in [5.74, 6) is -0.0318. The molecule has 1 saturated heterocycles. The second kappa shape index (κ2) is 10.4. The molecule has 1 atom stereocenters. The molecule has 1 heterocycles. The fraction of sp³-hybridized carbons (Fsp3) is 0.417. The second-order valence-corrected chi connectivity index (χ2v) is 8.09. The highest BCUT2D eigenvalue weighted by molar-refractivity contribution is 5.95. The topological polar surface area (TPSA) is 55.9 Å². The summed E-state index contributed by atoms with van der Waals surface area (Å²) in [6.45, 7) is 8.16. The molecule has 3 rings (SSSR count). The first-order chi connectivity index (χ1) is 14.4. The van der Waals surface area contributed by atoms with Gasteiger partial charge in [-0.1, -0.05) is 42.5 Å². The maximum Gasteiger partial charge on any atom is 0.241 e. The number of amides is 2. The summed E-state index contributed by atoms with van der Waals surface area (Å²) >= 11 is 0. The first kappa shape index (κ1) is 22.0. The molecule has 1 aliphatic heterocycles. The molecule has 2 amide bonds. The molecule has 0 spiro atoms. The largest absolute Gasteiger partial charge is 0.339 e. The van der Waals surface area contributed by atoms with Gasteiger partial charge in [-0.3, -0.25) is 19.4 Å². The number of aryl methyl sites for hydroxylation is 1. The lowest BCUT2D eigenvalue weighted by Crippen LogP contribution is -2.52. The Kier molecular flexibility index (Phi) is 7.60. The Hall–Kier alpha value is -2.70. The third kappa shape index (κ3) is 6.15. The number of hydrogen-bond acceptors (Lipinski definition) is 4. The van der Waals surface area contributed by atoms with Gasteiger partial charge in [-0.05, 0) is 44.2 Å². The molecule has 6 heteroatoms. The number of carbonyl (C=O) groups is 2.